The molecule has 4 aliphatic carbocycles. The van der Waals surface area contributed by atoms with E-state index >= 15 is 0 Å². The number of fused-ring (bicyclic) bond motifs is 5. The number of hydrogen-bond donors (Lipinski definition) is 2. The number of quaternary nitrogens is 1. The molecule has 6 fully saturated rings. The number of nitrogens with zero attached hydrogens (tertiary/aromatic N) is 2. The van der Waals surface area contributed by atoms with Gasteiger partial charge in [-0.15, -0.1) is 0 Å². The Morgan fingerprint density at radius 2 is 1.50 bits per heavy atom. The van der Waals surface area contributed by atoms with Crippen molar-refractivity contribution in [2.45, 2.75) is 122 Å². The molecule has 0 aromatic heterocycles. The first-order valence-corrected chi connectivity index (χ1v) is 15.2. The Morgan fingerprint density at radius 3 is 2.24 bits per heavy atom. The Kier molecular flexibility index (Phi) is 6.19. The van der Waals surface area contributed by atoms with Crippen LogP contribution >= 0.6 is 0 Å². The maximum absolute atomic E-state index is 11.8. The van der Waals surface area contributed by atoms with Crippen molar-refractivity contribution in [2.75, 3.05) is 33.2 Å². The van der Waals surface area contributed by atoms with Crippen LogP contribution in [0.4, 0.5) is 0 Å². The number of likely N-dealkylation sites (tertiary alicyclic amines) is 2. The first-order chi connectivity index (χ1) is 16.3. The lowest BCUT2D eigenvalue weighted by Crippen LogP contribution is -2.60. The van der Waals surface area contributed by atoms with Gasteiger partial charge < -0.3 is 14.7 Å². The second-order valence-corrected chi connectivity index (χ2v) is 14.6. The summed E-state index contributed by atoms with van der Waals surface area (Å²) in [6, 6.07) is 0.835. The SMILES string of the molecule is C[C@]12CCC3C(CC[C@H]4C[C@H](O)[C@@H](N5CCCCC5)C[C@]34C)C1C[C@H]([N+]1(C)CCCCC1)[C@H]2O. The molecule has 6 aliphatic rings. The molecule has 194 valence electrons. The van der Waals surface area contributed by atoms with Crippen molar-refractivity contribution < 1.29 is 14.7 Å². The van der Waals surface area contributed by atoms with Crippen LogP contribution in [0.3, 0.4) is 0 Å². The highest BCUT2D eigenvalue weighted by Crippen LogP contribution is 2.67. The van der Waals surface area contributed by atoms with E-state index in [4.69, 9.17) is 0 Å². The van der Waals surface area contributed by atoms with E-state index in [1.165, 1.54) is 103 Å². The number of likely N-dealkylation sites (N-methyl/N-ethyl adjacent to an activating group) is 1. The van der Waals surface area contributed by atoms with Crippen molar-refractivity contribution in [3.63, 3.8) is 0 Å². The topological polar surface area (TPSA) is 43.7 Å². The maximum atomic E-state index is 11.8. The van der Waals surface area contributed by atoms with E-state index in [0.717, 1.165) is 22.7 Å². The molecule has 6 rings (SSSR count). The molecule has 2 heterocycles. The van der Waals surface area contributed by atoms with Gasteiger partial charge in [-0.05, 0) is 113 Å². The van der Waals surface area contributed by atoms with Gasteiger partial charge in [0.05, 0.1) is 26.2 Å². The molecule has 0 spiro atoms. The third-order valence-corrected chi connectivity index (χ3v) is 13.2. The minimum absolute atomic E-state index is 0.119. The van der Waals surface area contributed by atoms with E-state index in [-0.39, 0.29) is 17.6 Å². The van der Waals surface area contributed by atoms with Gasteiger partial charge in [-0.1, -0.05) is 20.3 Å². The Bertz CT molecular complexity index is 746. The molecule has 4 heteroatoms. The first-order valence-electron chi connectivity index (χ1n) is 15.2. The Balaban J connectivity index is 1.25. The Hall–Kier alpha value is -0.160. The van der Waals surface area contributed by atoms with Crippen LogP contribution in [0.25, 0.3) is 0 Å². The highest BCUT2D eigenvalue weighted by Gasteiger charge is 2.65. The average Bonchev–Trinajstić information content (AvgIpc) is 3.12. The van der Waals surface area contributed by atoms with Crippen molar-refractivity contribution in [2.24, 2.45) is 34.5 Å². The summed E-state index contributed by atoms with van der Waals surface area (Å²) in [6.07, 6.45) is 16.5. The van der Waals surface area contributed by atoms with E-state index in [2.05, 4.69) is 25.8 Å². The third kappa shape index (κ3) is 3.59. The van der Waals surface area contributed by atoms with Gasteiger partial charge >= 0.3 is 0 Å². The summed E-state index contributed by atoms with van der Waals surface area (Å²) in [5.74, 6) is 2.97. The van der Waals surface area contributed by atoms with Crippen molar-refractivity contribution >= 4 is 0 Å². The molecule has 4 saturated carbocycles. The molecule has 0 aromatic rings. The minimum atomic E-state index is -0.124. The molecule has 2 aliphatic heterocycles. The van der Waals surface area contributed by atoms with Crippen LogP contribution in [0.5, 0.6) is 0 Å². The summed E-state index contributed by atoms with van der Waals surface area (Å²) in [7, 11) is 2.47. The quantitative estimate of drug-likeness (QED) is 0.565. The van der Waals surface area contributed by atoms with Crippen molar-refractivity contribution in [1.82, 2.24) is 4.90 Å². The number of piperidine rings is 2. The van der Waals surface area contributed by atoms with E-state index in [1.807, 2.05) is 0 Å². The van der Waals surface area contributed by atoms with Gasteiger partial charge in [-0.25, -0.2) is 0 Å². The first kappa shape index (κ1) is 24.2. The largest absolute Gasteiger partial charge is 0.391 e. The standard InChI is InChI=1S/C30H53N2O2/c1-29-13-12-23-22(24(29)19-26(28(29)34)32(3)16-8-5-9-17-32)11-10-21-18-27(33)25(20-30(21,23)2)31-14-6-4-7-15-31/h21-28,33-34H,4-20H2,1-3H3/q+1/t21-,22?,23?,24?,25-,26-,27-,28+,29-,30-/m0/s1. The summed E-state index contributed by atoms with van der Waals surface area (Å²) >= 11 is 0. The summed E-state index contributed by atoms with van der Waals surface area (Å²) in [6.45, 7) is 10.1. The van der Waals surface area contributed by atoms with Crippen LogP contribution in [-0.2, 0) is 0 Å². The molecule has 0 aromatic carbocycles. The van der Waals surface area contributed by atoms with Crippen molar-refractivity contribution in [1.29, 1.82) is 0 Å². The maximum Gasteiger partial charge on any atom is 0.116 e. The fraction of sp³-hybridized carbons (Fsp3) is 1.00. The average molecular weight is 474 g/mol. The van der Waals surface area contributed by atoms with Gasteiger partial charge in [0.2, 0.25) is 0 Å². The zero-order valence-electron chi connectivity index (χ0n) is 22.4. The van der Waals surface area contributed by atoms with Gasteiger partial charge in [0, 0.05) is 17.9 Å². The van der Waals surface area contributed by atoms with E-state index in [9.17, 15) is 10.2 Å². The summed E-state index contributed by atoms with van der Waals surface area (Å²) in [5, 5.41) is 23.1. The van der Waals surface area contributed by atoms with Gasteiger partial charge in [0.1, 0.15) is 12.1 Å². The van der Waals surface area contributed by atoms with Gasteiger partial charge in [0.15, 0.2) is 0 Å². The lowest BCUT2D eigenvalue weighted by Gasteiger charge is -2.62. The van der Waals surface area contributed by atoms with Gasteiger partial charge in [-0.2, -0.15) is 0 Å². The van der Waals surface area contributed by atoms with Crippen LogP contribution in [0.1, 0.15) is 97.3 Å². The van der Waals surface area contributed by atoms with Crippen LogP contribution in [0, 0.1) is 34.5 Å². The number of aliphatic hydroxyl groups excluding tert-OH is 2. The lowest BCUT2D eigenvalue weighted by molar-refractivity contribution is -0.940. The number of aliphatic hydroxyl groups is 2. The molecule has 4 nitrogen and oxygen atoms in total. The molecule has 3 unspecified atom stereocenters. The second kappa shape index (κ2) is 8.71. The van der Waals surface area contributed by atoms with Crippen LogP contribution in [-0.4, -0.2) is 77.1 Å². The number of rotatable bonds is 2. The van der Waals surface area contributed by atoms with Crippen LogP contribution in [0.2, 0.25) is 0 Å². The Labute approximate surface area is 209 Å². The molecule has 0 radical (unpaired) electrons. The number of hydrogen-bond acceptors (Lipinski definition) is 3. The van der Waals surface area contributed by atoms with Crippen LogP contribution < -0.4 is 0 Å². The molecule has 0 amide bonds. The lowest BCUT2D eigenvalue weighted by atomic mass is 9.44. The molecular weight excluding hydrogens is 420 g/mol. The second-order valence-electron chi connectivity index (χ2n) is 14.6. The van der Waals surface area contributed by atoms with E-state index in [0.29, 0.717) is 29.3 Å². The highest BCUT2D eigenvalue weighted by atomic mass is 16.3. The minimum Gasteiger partial charge on any atom is -0.391 e. The fourth-order valence-electron chi connectivity index (χ4n) is 11.0. The molecule has 0 bridgehead atoms. The molecule has 2 N–H and O–H groups in total. The van der Waals surface area contributed by atoms with Crippen molar-refractivity contribution in [3.8, 4) is 0 Å². The van der Waals surface area contributed by atoms with Gasteiger partial charge in [-0.3, -0.25) is 4.90 Å². The molecular formula is C30H53N2O2+. The van der Waals surface area contributed by atoms with Crippen molar-refractivity contribution in [3.05, 3.63) is 0 Å². The van der Waals surface area contributed by atoms with E-state index < -0.39 is 0 Å². The predicted octanol–water partition coefficient (Wildman–Crippen LogP) is 4.82. The summed E-state index contributed by atoms with van der Waals surface area (Å²) < 4.78 is 1.13. The van der Waals surface area contributed by atoms with E-state index in [1.54, 1.807) is 0 Å². The summed E-state index contributed by atoms with van der Waals surface area (Å²) in [5.41, 5.74) is 0.492. The zero-order valence-corrected chi connectivity index (χ0v) is 22.4. The highest BCUT2D eigenvalue weighted by molar-refractivity contribution is 5.13. The predicted molar refractivity (Wildman–Crippen MR) is 137 cm³/mol. The Morgan fingerprint density at radius 1 is 0.794 bits per heavy atom. The van der Waals surface area contributed by atoms with Crippen LogP contribution in [0.15, 0.2) is 0 Å². The zero-order chi connectivity index (χ0) is 23.7. The molecule has 34 heavy (non-hydrogen) atoms. The molecule has 10 atom stereocenters. The molecule has 2 saturated heterocycles. The smallest absolute Gasteiger partial charge is 0.116 e. The monoisotopic (exact) mass is 473 g/mol. The van der Waals surface area contributed by atoms with Gasteiger partial charge in [0.25, 0.3) is 0 Å². The normalized spacial score (nSPS) is 53.6. The fourth-order valence-corrected chi connectivity index (χ4v) is 11.0. The third-order valence-electron chi connectivity index (χ3n) is 13.2. The summed E-state index contributed by atoms with van der Waals surface area (Å²) in [4.78, 5) is 2.67.